The number of fused-ring (bicyclic) bond motifs is 1. The van der Waals surface area contributed by atoms with E-state index in [-0.39, 0.29) is 5.69 Å². The summed E-state index contributed by atoms with van der Waals surface area (Å²) in [6.45, 7) is 0. The van der Waals surface area contributed by atoms with Crippen LogP contribution in [0.25, 0.3) is 21.9 Å². The molecule has 2 aromatic carbocycles. The summed E-state index contributed by atoms with van der Waals surface area (Å²) in [6, 6.07) is 13.5. The smallest absolute Gasteiger partial charge is 0.358 e. The second-order valence-electron chi connectivity index (χ2n) is 3.91. The highest BCUT2D eigenvalue weighted by Gasteiger charge is 2.17. The molecule has 0 saturated carbocycles. The maximum atomic E-state index is 11.1. The summed E-state index contributed by atoms with van der Waals surface area (Å²) >= 11 is 0. The Morgan fingerprint density at radius 1 is 1.06 bits per heavy atom. The van der Waals surface area contributed by atoms with Crippen LogP contribution in [0.5, 0.6) is 0 Å². The first kappa shape index (κ1) is 10.5. The van der Waals surface area contributed by atoms with E-state index in [1.54, 1.807) is 0 Å². The highest BCUT2D eigenvalue weighted by molar-refractivity contribution is 6.02. The van der Waals surface area contributed by atoms with Crippen molar-refractivity contribution in [1.29, 1.82) is 0 Å². The van der Waals surface area contributed by atoms with Gasteiger partial charge in [0.25, 0.3) is 0 Å². The summed E-state index contributed by atoms with van der Waals surface area (Å²) in [5.74, 6) is -1.09. The molecule has 4 heteroatoms. The molecule has 3 rings (SSSR count). The Morgan fingerprint density at radius 3 is 2.67 bits per heavy atom. The van der Waals surface area contributed by atoms with Crippen LogP contribution >= 0.6 is 0 Å². The third kappa shape index (κ3) is 1.55. The van der Waals surface area contributed by atoms with Gasteiger partial charge >= 0.3 is 5.97 Å². The number of rotatable bonds is 2. The Balaban J connectivity index is 2.32. The van der Waals surface area contributed by atoms with Gasteiger partial charge in [0.15, 0.2) is 5.69 Å². The van der Waals surface area contributed by atoms with E-state index in [1.807, 2.05) is 42.5 Å². The molecule has 1 aromatic heterocycles. The number of carbonyl (C=O) groups is 1. The Kier molecular flexibility index (Phi) is 2.34. The number of nitrogens with zero attached hydrogens (tertiary/aromatic N) is 1. The van der Waals surface area contributed by atoms with Gasteiger partial charge in [-0.1, -0.05) is 47.6 Å². The highest BCUT2D eigenvalue weighted by Crippen LogP contribution is 2.30. The van der Waals surface area contributed by atoms with Gasteiger partial charge in [0.2, 0.25) is 0 Å². The SMILES string of the molecule is O=C(O)c1nocc1-c1cccc2ccccc12. The van der Waals surface area contributed by atoms with E-state index in [0.29, 0.717) is 5.56 Å². The van der Waals surface area contributed by atoms with Crippen LogP contribution in [0.1, 0.15) is 10.5 Å². The van der Waals surface area contributed by atoms with E-state index in [1.165, 1.54) is 6.26 Å². The number of benzene rings is 2. The first-order valence-corrected chi connectivity index (χ1v) is 5.43. The summed E-state index contributed by atoms with van der Waals surface area (Å²) < 4.78 is 4.78. The van der Waals surface area contributed by atoms with Gasteiger partial charge in [0.05, 0.1) is 5.56 Å². The first-order valence-electron chi connectivity index (χ1n) is 5.43. The molecular formula is C14H9NO3. The van der Waals surface area contributed by atoms with Gasteiger partial charge in [-0.15, -0.1) is 0 Å². The fourth-order valence-electron chi connectivity index (χ4n) is 2.04. The van der Waals surface area contributed by atoms with Crippen LogP contribution in [0, 0.1) is 0 Å². The number of carboxylic acids is 1. The van der Waals surface area contributed by atoms with Crippen molar-refractivity contribution in [3.8, 4) is 11.1 Å². The largest absolute Gasteiger partial charge is 0.476 e. The summed E-state index contributed by atoms with van der Waals surface area (Å²) in [5, 5.41) is 14.6. The summed E-state index contributed by atoms with van der Waals surface area (Å²) in [7, 11) is 0. The lowest BCUT2D eigenvalue weighted by atomic mass is 9.99. The zero-order chi connectivity index (χ0) is 12.5. The third-order valence-electron chi connectivity index (χ3n) is 2.85. The fraction of sp³-hybridized carbons (Fsp3) is 0. The van der Waals surface area contributed by atoms with Crippen molar-refractivity contribution in [2.45, 2.75) is 0 Å². The number of hydrogen-bond acceptors (Lipinski definition) is 3. The van der Waals surface area contributed by atoms with E-state index >= 15 is 0 Å². The molecule has 0 aliphatic heterocycles. The number of aromatic nitrogens is 1. The zero-order valence-corrected chi connectivity index (χ0v) is 9.33. The molecule has 88 valence electrons. The average Bonchev–Trinajstić information content (AvgIpc) is 2.87. The van der Waals surface area contributed by atoms with Crippen LogP contribution in [0.3, 0.4) is 0 Å². The van der Waals surface area contributed by atoms with Crippen LogP contribution < -0.4 is 0 Å². The number of hydrogen-bond donors (Lipinski definition) is 1. The molecule has 0 fully saturated rings. The molecular weight excluding hydrogens is 230 g/mol. The highest BCUT2D eigenvalue weighted by atomic mass is 16.5. The normalized spacial score (nSPS) is 10.7. The predicted octanol–water partition coefficient (Wildman–Crippen LogP) is 3.19. The predicted molar refractivity (Wildman–Crippen MR) is 66.4 cm³/mol. The van der Waals surface area contributed by atoms with Crippen molar-refractivity contribution in [3.05, 3.63) is 54.4 Å². The van der Waals surface area contributed by atoms with E-state index in [4.69, 9.17) is 9.63 Å². The minimum atomic E-state index is -1.09. The van der Waals surface area contributed by atoms with E-state index in [2.05, 4.69) is 5.16 Å². The van der Waals surface area contributed by atoms with Crippen LogP contribution in [0.15, 0.2) is 53.3 Å². The van der Waals surface area contributed by atoms with Crippen LogP contribution in [-0.2, 0) is 0 Å². The molecule has 0 saturated heterocycles. The van der Waals surface area contributed by atoms with Crippen molar-refractivity contribution in [3.63, 3.8) is 0 Å². The third-order valence-corrected chi connectivity index (χ3v) is 2.85. The average molecular weight is 239 g/mol. The Hall–Kier alpha value is -2.62. The molecule has 0 unspecified atom stereocenters. The van der Waals surface area contributed by atoms with E-state index in [0.717, 1.165) is 16.3 Å². The minimum absolute atomic E-state index is 0.0636. The van der Waals surface area contributed by atoms with Gasteiger partial charge in [-0.05, 0) is 16.3 Å². The van der Waals surface area contributed by atoms with Crippen molar-refractivity contribution in [2.75, 3.05) is 0 Å². The Bertz CT molecular complexity index is 725. The Labute approximate surface area is 102 Å². The topological polar surface area (TPSA) is 63.3 Å². The molecule has 3 aromatic rings. The van der Waals surface area contributed by atoms with Crippen molar-refractivity contribution in [1.82, 2.24) is 5.16 Å². The lowest BCUT2D eigenvalue weighted by molar-refractivity contribution is 0.0686. The molecule has 0 spiro atoms. The van der Waals surface area contributed by atoms with Gasteiger partial charge in [-0.2, -0.15) is 0 Å². The molecule has 0 aliphatic carbocycles. The minimum Gasteiger partial charge on any atom is -0.476 e. The number of aromatic carboxylic acids is 1. The number of carboxylic acid groups (broad SMARTS) is 1. The maximum absolute atomic E-state index is 11.1. The van der Waals surface area contributed by atoms with Crippen LogP contribution in [0.4, 0.5) is 0 Å². The van der Waals surface area contributed by atoms with Gasteiger partial charge in [0, 0.05) is 0 Å². The summed E-state index contributed by atoms with van der Waals surface area (Å²) in [6.07, 6.45) is 1.37. The second-order valence-corrected chi connectivity index (χ2v) is 3.91. The molecule has 1 N–H and O–H groups in total. The van der Waals surface area contributed by atoms with Gasteiger partial charge in [-0.3, -0.25) is 0 Å². The quantitative estimate of drug-likeness (QED) is 0.745. The van der Waals surface area contributed by atoms with Gasteiger partial charge in [-0.25, -0.2) is 4.79 Å². The standard InChI is InChI=1S/C14H9NO3/c16-14(17)13-12(8-18-15-13)11-7-3-5-9-4-1-2-6-10(9)11/h1-8H,(H,16,17). The Morgan fingerprint density at radius 2 is 1.83 bits per heavy atom. The van der Waals surface area contributed by atoms with Crippen LogP contribution in [0.2, 0.25) is 0 Å². The van der Waals surface area contributed by atoms with Crippen LogP contribution in [-0.4, -0.2) is 16.2 Å². The molecule has 1 heterocycles. The lowest BCUT2D eigenvalue weighted by Crippen LogP contribution is -1.98. The van der Waals surface area contributed by atoms with Crippen molar-refractivity contribution < 1.29 is 14.4 Å². The molecule has 0 aliphatic rings. The zero-order valence-electron chi connectivity index (χ0n) is 9.33. The second kappa shape index (κ2) is 4.00. The van der Waals surface area contributed by atoms with E-state index < -0.39 is 5.97 Å². The molecule has 0 radical (unpaired) electrons. The molecule has 0 bridgehead atoms. The maximum Gasteiger partial charge on any atom is 0.358 e. The first-order chi connectivity index (χ1) is 8.77. The summed E-state index contributed by atoms with van der Waals surface area (Å²) in [5.41, 5.74) is 1.25. The van der Waals surface area contributed by atoms with Crippen molar-refractivity contribution >= 4 is 16.7 Å². The lowest BCUT2D eigenvalue weighted by Gasteiger charge is -2.04. The molecule has 0 amide bonds. The fourth-order valence-corrected chi connectivity index (χ4v) is 2.04. The van der Waals surface area contributed by atoms with Gasteiger partial charge < -0.3 is 9.63 Å². The van der Waals surface area contributed by atoms with Gasteiger partial charge in [0.1, 0.15) is 6.26 Å². The summed E-state index contributed by atoms with van der Waals surface area (Å²) in [4.78, 5) is 11.1. The molecule has 4 nitrogen and oxygen atoms in total. The molecule has 0 atom stereocenters. The monoisotopic (exact) mass is 239 g/mol. The van der Waals surface area contributed by atoms with E-state index in [9.17, 15) is 4.79 Å². The molecule has 18 heavy (non-hydrogen) atoms. The van der Waals surface area contributed by atoms with Crippen molar-refractivity contribution in [2.24, 2.45) is 0 Å².